The number of carbonyl (C=O) groups excluding carboxylic acids is 2. The molecule has 1 aliphatic heterocycles. The number of aliphatic hydroxyl groups is 1. The molecule has 2 atom stereocenters. The largest absolute Gasteiger partial charge is 0.393 e. The molecule has 2 fully saturated rings. The van der Waals surface area contributed by atoms with Gasteiger partial charge in [-0.3, -0.25) is 14.0 Å². The van der Waals surface area contributed by atoms with Crippen molar-refractivity contribution in [1.29, 1.82) is 0 Å². The molecule has 168 valence electrons. The van der Waals surface area contributed by atoms with Crippen LogP contribution in [0, 0.1) is 6.92 Å². The molecular formula is C23H31ClN4O3. The molecule has 31 heavy (non-hydrogen) atoms. The van der Waals surface area contributed by atoms with Crippen LogP contribution in [0.4, 0.5) is 0 Å². The first-order chi connectivity index (χ1) is 14.8. The van der Waals surface area contributed by atoms with Crippen LogP contribution in [0.5, 0.6) is 0 Å². The lowest BCUT2D eigenvalue weighted by molar-refractivity contribution is -0.138. The first kappa shape index (κ1) is 22.1. The van der Waals surface area contributed by atoms with Crippen molar-refractivity contribution >= 4 is 29.1 Å². The Balaban J connectivity index is 1.50. The number of carbonyl (C=O) groups is 2. The molecule has 0 spiro atoms. The normalized spacial score (nSPS) is 19.2. The topological polar surface area (TPSA) is 78.2 Å². The van der Waals surface area contributed by atoms with Crippen molar-refractivity contribution in [2.45, 2.75) is 70.9 Å². The highest BCUT2D eigenvalue weighted by Crippen LogP contribution is 2.41. The quantitative estimate of drug-likeness (QED) is 0.707. The fourth-order valence-corrected chi connectivity index (χ4v) is 4.75. The second-order valence-electron chi connectivity index (χ2n) is 8.98. The Kier molecular flexibility index (Phi) is 6.26. The molecule has 2 amide bonds. The van der Waals surface area contributed by atoms with E-state index >= 15 is 0 Å². The van der Waals surface area contributed by atoms with E-state index in [9.17, 15) is 14.7 Å². The lowest BCUT2D eigenvalue weighted by atomic mass is 10.0. The average Bonchev–Trinajstić information content (AvgIpc) is 3.53. The van der Waals surface area contributed by atoms with Crippen LogP contribution >= 0.6 is 11.6 Å². The van der Waals surface area contributed by atoms with Crippen LogP contribution in [0.2, 0.25) is 5.15 Å². The molecule has 1 N–H and O–H groups in total. The number of piperazine rings is 1. The smallest absolute Gasteiger partial charge is 0.276 e. The highest BCUT2D eigenvalue weighted by Gasteiger charge is 2.34. The van der Waals surface area contributed by atoms with Crippen molar-refractivity contribution in [2.24, 2.45) is 0 Å². The summed E-state index contributed by atoms with van der Waals surface area (Å²) in [7, 11) is 0. The van der Waals surface area contributed by atoms with Gasteiger partial charge in [0.25, 0.3) is 5.91 Å². The molecule has 0 aromatic carbocycles. The zero-order valence-corrected chi connectivity index (χ0v) is 19.2. The predicted molar refractivity (Wildman–Crippen MR) is 120 cm³/mol. The summed E-state index contributed by atoms with van der Waals surface area (Å²) >= 11 is 6.58. The van der Waals surface area contributed by atoms with E-state index in [4.69, 9.17) is 11.6 Å². The van der Waals surface area contributed by atoms with Crippen LogP contribution in [-0.4, -0.2) is 67.9 Å². The average molecular weight is 447 g/mol. The van der Waals surface area contributed by atoms with E-state index in [1.54, 1.807) is 16.2 Å². The van der Waals surface area contributed by atoms with E-state index < -0.39 is 0 Å². The van der Waals surface area contributed by atoms with Crippen LogP contribution in [0.25, 0.3) is 5.65 Å². The molecule has 3 heterocycles. The van der Waals surface area contributed by atoms with E-state index in [1.807, 2.05) is 24.9 Å². The van der Waals surface area contributed by atoms with Crippen LogP contribution in [0.15, 0.2) is 12.3 Å². The van der Waals surface area contributed by atoms with Gasteiger partial charge >= 0.3 is 0 Å². The number of rotatable bonds is 7. The van der Waals surface area contributed by atoms with Gasteiger partial charge in [0, 0.05) is 25.3 Å². The summed E-state index contributed by atoms with van der Waals surface area (Å²) < 4.78 is 1.80. The van der Waals surface area contributed by atoms with Gasteiger partial charge < -0.3 is 14.9 Å². The fraction of sp³-hybridized carbons (Fsp3) is 0.609. The van der Waals surface area contributed by atoms with Gasteiger partial charge in [-0.1, -0.05) is 24.6 Å². The Hall–Kier alpha value is -2.12. The van der Waals surface area contributed by atoms with Crippen molar-refractivity contribution in [3.8, 4) is 0 Å². The van der Waals surface area contributed by atoms with Crippen molar-refractivity contribution < 1.29 is 14.7 Å². The van der Waals surface area contributed by atoms with Crippen LogP contribution in [-0.2, 0) is 4.79 Å². The lowest BCUT2D eigenvalue weighted by Gasteiger charge is -2.39. The molecule has 7 nitrogen and oxygen atoms in total. The molecule has 4 rings (SSSR count). The van der Waals surface area contributed by atoms with Gasteiger partial charge in [-0.15, -0.1) is 0 Å². The highest BCUT2D eigenvalue weighted by atomic mass is 35.5. The van der Waals surface area contributed by atoms with E-state index in [0.717, 1.165) is 18.4 Å². The molecule has 0 radical (unpaired) electrons. The number of nitrogens with zero attached hydrogens (tertiary/aromatic N) is 4. The summed E-state index contributed by atoms with van der Waals surface area (Å²) in [6.45, 7) is 6.76. The summed E-state index contributed by atoms with van der Waals surface area (Å²) in [4.78, 5) is 34.0. The first-order valence-corrected chi connectivity index (χ1v) is 11.6. The Morgan fingerprint density at radius 2 is 2.06 bits per heavy atom. The predicted octanol–water partition coefficient (Wildman–Crippen LogP) is 3.40. The van der Waals surface area contributed by atoms with Gasteiger partial charge in [-0.25, -0.2) is 4.98 Å². The minimum absolute atomic E-state index is 0.0283. The highest BCUT2D eigenvalue weighted by molar-refractivity contribution is 6.33. The number of hydrogen-bond acceptors (Lipinski definition) is 4. The molecule has 8 heteroatoms. The van der Waals surface area contributed by atoms with E-state index in [-0.39, 0.29) is 36.2 Å². The van der Waals surface area contributed by atoms with E-state index in [1.165, 1.54) is 18.4 Å². The maximum atomic E-state index is 13.2. The number of aliphatic hydroxyl groups excluding tert-OH is 1. The number of imidazole rings is 1. The number of fused-ring (bicyclic) bond motifs is 1. The molecule has 2 aromatic heterocycles. The summed E-state index contributed by atoms with van der Waals surface area (Å²) in [5.74, 6) is 0.210. The van der Waals surface area contributed by atoms with Gasteiger partial charge in [-0.05, 0) is 63.0 Å². The Bertz CT molecular complexity index is 998. The summed E-state index contributed by atoms with van der Waals surface area (Å²) in [6.07, 6.45) is 6.22. The van der Waals surface area contributed by atoms with Gasteiger partial charge in [0.1, 0.15) is 17.3 Å². The number of hydrogen-bond donors (Lipinski definition) is 1. The molecule has 2 unspecified atom stereocenters. The number of aryl methyl sites for hydroxylation is 1. The summed E-state index contributed by atoms with van der Waals surface area (Å²) in [5.41, 5.74) is 3.12. The minimum atomic E-state index is -0.381. The van der Waals surface area contributed by atoms with Crippen LogP contribution < -0.4 is 0 Å². The Morgan fingerprint density at radius 1 is 1.32 bits per heavy atom. The van der Waals surface area contributed by atoms with Gasteiger partial charge in [-0.2, -0.15) is 0 Å². The summed E-state index contributed by atoms with van der Waals surface area (Å²) in [6, 6.07) is 2.21. The third-order valence-corrected chi connectivity index (χ3v) is 6.85. The second kappa shape index (κ2) is 8.79. The number of halogens is 1. The molecule has 2 aliphatic rings. The minimum Gasteiger partial charge on any atom is -0.393 e. The zero-order valence-electron chi connectivity index (χ0n) is 18.5. The van der Waals surface area contributed by atoms with Crippen molar-refractivity contribution in [3.63, 3.8) is 0 Å². The van der Waals surface area contributed by atoms with Gasteiger partial charge in [0.2, 0.25) is 5.91 Å². The number of pyridine rings is 1. The van der Waals surface area contributed by atoms with Crippen molar-refractivity contribution in [2.75, 3.05) is 19.6 Å². The maximum absolute atomic E-state index is 13.2. The first-order valence-electron chi connectivity index (χ1n) is 11.2. The van der Waals surface area contributed by atoms with Gasteiger partial charge in [0.15, 0.2) is 5.69 Å². The molecule has 1 saturated carbocycles. The molecule has 0 bridgehead atoms. The number of aromatic nitrogens is 2. The van der Waals surface area contributed by atoms with E-state index in [2.05, 4.69) is 11.1 Å². The van der Waals surface area contributed by atoms with Gasteiger partial charge in [0.05, 0.1) is 6.10 Å². The standard InChI is InChI=1S/C23H31ClN4O3/c1-4-18(8-5-15(3)29)27-10-9-26(13-19(27)30)23(31)20-21(24)28-12-17(16-6-7-16)11-14(2)22(28)25-20/h11-12,15-16,18,29H,4-10,13H2,1-3H3. The molecular weight excluding hydrogens is 416 g/mol. The summed E-state index contributed by atoms with van der Waals surface area (Å²) in [5, 5.41) is 9.89. The second-order valence-corrected chi connectivity index (χ2v) is 9.34. The van der Waals surface area contributed by atoms with E-state index in [0.29, 0.717) is 36.2 Å². The lowest BCUT2D eigenvalue weighted by Crippen LogP contribution is -2.55. The zero-order chi connectivity index (χ0) is 22.3. The Labute approximate surface area is 188 Å². The molecule has 1 saturated heterocycles. The number of amides is 2. The molecule has 1 aliphatic carbocycles. The molecule has 2 aromatic rings. The third kappa shape index (κ3) is 4.44. The van der Waals surface area contributed by atoms with Crippen molar-refractivity contribution in [1.82, 2.24) is 19.2 Å². The monoisotopic (exact) mass is 446 g/mol. The SMILES string of the molecule is CCC(CCC(C)O)N1CCN(C(=O)c2nc3c(C)cc(C4CC4)cn3c2Cl)CC1=O. The maximum Gasteiger partial charge on any atom is 0.276 e. The van der Waals surface area contributed by atoms with Crippen LogP contribution in [0.3, 0.4) is 0 Å². The fourth-order valence-electron chi connectivity index (χ4n) is 4.50. The van der Waals surface area contributed by atoms with Crippen molar-refractivity contribution in [3.05, 3.63) is 34.2 Å². The Morgan fingerprint density at radius 3 is 2.68 bits per heavy atom. The third-order valence-electron chi connectivity index (χ3n) is 6.49. The van der Waals surface area contributed by atoms with Crippen LogP contribution in [0.1, 0.15) is 73.5 Å².